The minimum absolute atomic E-state index is 0.0474. The summed E-state index contributed by atoms with van der Waals surface area (Å²) in [6, 6.07) is 8.93. The quantitative estimate of drug-likeness (QED) is 0.904. The van der Waals surface area contributed by atoms with E-state index in [1.54, 1.807) is 12.1 Å². The number of halogens is 1. The van der Waals surface area contributed by atoms with Crippen LogP contribution in [0.4, 0.5) is 0 Å². The molecule has 0 heterocycles. The molecular formula is C15H11ClO5. The molecule has 0 bridgehead atoms. The van der Waals surface area contributed by atoms with Crippen LogP contribution < -0.4 is 4.74 Å². The van der Waals surface area contributed by atoms with Crippen LogP contribution in [0.5, 0.6) is 5.75 Å². The van der Waals surface area contributed by atoms with Crippen molar-refractivity contribution in [1.82, 2.24) is 0 Å². The van der Waals surface area contributed by atoms with Gasteiger partial charge in [-0.25, -0.2) is 9.59 Å². The van der Waals surface area contributed by atoms with Crippen molar-refractivity contribution in [2.45, 2.75) is 0 Å². The minimum Gasteiger partial charge on any atom is -0.497 e. The second kappa shape index (κ2) is 5.85. The van der Waals surface area contributed by atoms with E-state index in [9.17, 15) is 9.59 Å². The highest BCUT2D eigenvalue weighted by atomic mass is 35.5. The molecule has 108 valence electrons. The lowest BCUT2D eigenvalue weighted by Crippen LogP contribution is -2.00. The van der Waals surface area contributed by atoms with Gasteiger partial charge in [0.1, 0.15) is 5.75 Å². The van der Waals surface area contributed by atoms with E-state index in [0.717, 1.165) is 0 Å². The zero-order valence-electron chi connectivity index (χ0n) is 11.0. The van der Waals surface area contributed by atoms with Gasteiger partial charge in [-0.1, -0.05) is 17.7 Å². The summed E-state index contributed by atoms with van der Waals surface area (Å²) in [4.78, 5) is 22.2. The fourth-order valence-electron chi connectivity index (χ4n) is 1.88. The summed E-state index contributed by atoms with van der Waals surface area (Å²) in [5.74, 6) is -1.87. The molecule has 0 aromatic heterocycles. The average Bonchev–Trinajstić information content (AvgIpc) is 2.46. The van der Waals surface area contributed by atoms with Gasteiger partial charge < -0.3 is 14.9 Å². The van der Waals surface area contributed by atoms with Crippen LogP contribution in [0.25, 0.3) is 11.1 Å². The van der Waals surface area contributed by atoms with Crippen molar-refractivity contribution in [2.24, 2.45) is 0 Å². The smallest absolute Gasteiger partial charge is 0.337 e. The van der Waals surface area contributed by atoms with Crippen molar-refractivity contribution in [3.8, 4) is 16.9 Å². The second-order valence-electron chi connectivity index (χ2n) is 4.26. The van der Waals surface area contributed by atoms with Crippen LogP contribution in [-0.2, 0) is 0 Å². The van der Waals surface area contributed by atoms with Crippen LogP contribution >= 0.6 is 11.6 Å². The third-order valence-electron chi connectivity index (χ3n) is 2.92. The van der Waals surface area contributed by atoms with Crippen LogP contribution in [0.15, 0.2) is 36.4 Å². The van der Waals surface area contributed by atoms with Crippen molar-refractivity contribution in [3.63, 3.8) is 0 Å². The number of aromatic carboxylic acids is 2. The Kier molecular flexibility index (Phi) is 4.14. The fourth-order valence-corrected chi connectivity index (χ4v) is 2.07. The monoisotopic (exact) mass is 306 g/mol. The molecule has 0 unspecified atom stereocenters. The first-order valence-corrected chi connectivity index (χ1v) is 6.25. The molecule has 0 spiro atoms. The van der Waals surface area contributed by atoms with Crippen molar-refractivity contribution < 1.29 is 24.5 Å². The molecule has 2 aromatic carbocycles. The van der Waals surface area contributed by atoms with Gasteiger partial charge in [-0.3, -0.25) is 0 Å². The molecule has 2 N–H and O–H groups in total. The van der Waals surface area contributed by atoms with Crippen molar-refractivity contribution in [3.05, 3.63) is 52.5 Å². The van der Waals surface area contributed by atoms with Crippen molar-refractivity contribution >= 4 is 23.5 Å². The molecule has 0 saturated heterocycles. The van der Waals surface area contributed by atoms with Crippen LogP contribution in [0.1, 0.15) is 20.7 Å². The Morgan fingerprint density at radius 3 is 2.29 bits per heavy atom. The zero-order valence-corrected chi connectivity index (χ0v) is 11.7. The maximum absolute atomic E-state index is 11.1. The highest BCUT2D eigenvalue weighted by Gasteiger charge is 2.13. The lowest BCUT2D eigenvalue weighted by molar-refractivity contribution is 0.0686. The topological polar surface area (TPSA) is 83.8 Å². The lowest BCUT2D eigenvalue weighted by atomic mass is 10.0. The molecule has 0 aliphatic heterocycles. The zero-order chi connectivity index (χ0) is 15.6. The Balaban J connectivity index is 2.61. The first kappa shape index (κ1) is 14.9. The highest BCUT2D eigenvalue weighted by Crippen LogP contribution is 2.29. The molecule has 0 fully saturated rings. The predicted molar refractivity (Wildman–Crippen MR) is 77.4 cm³/mol. The van der Waals surface area contributed by atoms with Crippen molar-refractivity contribution in [2.75, 3.05) is 7.11 Å². The van der Waals surface area contributed by atoms with Gasteiger partial charge in [0.2, 0.25) is 0 Å². The Morgan fingerprint density at radius 2 is 1.71 bits per heavy atom. The fraction of sp³-hybridized carbons (Fsp3) is 0.0667. The van der Waals surface area contributed by atoms with E-state index >= 15 is 0 Å². The summed E-state index contributed by atoms with van der Waals surface area (Å²) in [7, 11) is 1.43. The van der Waals surface area contributed by atoms with Gasteiger partial charge in [0.05, 0.1) is 23.3 Å². The summed E-state index contributed by atoms with van der Waals surface area (Å²) in [6.45, 7) is 0. The SMILES string of the molecule is COc1cc(C(=O)O)cc(-c2ccc(Cl)c(C(=O)O)c2)c1. The number of rotatable bonds is 4. The molecule has 0 atom stereocenters. The second-order valence-corrected chi connectivity index (χ2v) is 4.66. The summed E-state index contributed by atoms with van der Waals surface area (Å²) < 4.78 is 5.06. The first-order chi connectivity index (χ1) is 9.92. The van der Waals surface area contributed by atoms with Gasteiger partial charge >= 0.3 is 11.9 Å². The number of ether oxygens (including phenoxy) is 1. The summed E-state index contributed by atoms with van der Waals surface area (Å²) >= 11 is 5.82. The minimum atomic E-state index is -1.15. The van der Waals surface area contributed by atoms with E-state index in [1.165, 1.54) is 31.4 Å². The molecule has 2 rings (SSSR count). The van der Waals surface area contributed by atoms with Gasteiger partial charge in [0.15, 0.2) is 0 Å². The van der Waals surface area contributed by atoms with Crippen molar-refractivity contribution in [1.29, 1.82) is 0 Å². The maximum atomic E-state index is 11.1. The van der Waals surface area contributed by atoms with E-state index in [2.05, 4.69) is 0 Å². The molecular weight excluding hydrogens is 296 g/mol. The van der Waals surface area contributed by atoms with Crippen LogP contribution in [0, 0.1) is 0 Å². The van der Waals surface area contributed by atoms with Crippen LogP contribution in [0.3, 0.4) is 0 Å². The number of hydrogen-bond acceptors (Lipinski definition) is 3. The normalized spacial score (nSPS) is 10.2. The predicted octanol–water partition coefficient (Wildman–Crippen LogP) is 3.41. The summed E-state index contributed by atoms with van der Waals surface area (Å²) in [5, 5.41) is 18.3. The molecule has 0 aliphatic rings. The first-order valence-electron chi connectivity index (χ1n) is 5.88. The molecule has 5 nitrogen and oxygen atoms in total. The van der Waals surface area contributed by atoms with E-state index in [1.807, 2.05) is 0 Å². The van der Waals surface area contributed by atoms with Gasteiger partial charge in [-0.2, -0.15) is 0 Å². The number of benzene rings is 2. The van der Waals surface area contributed by atoms with Gasteiger partial charge in [-0.15, -0.1) is 0 Å². The number of methoxy groups -OCH3 is 1. The molecule has 0 radical (unpaired) electrons. The third-order valence-corrected chi connectivity index (χ3v) is 3.25. The van der Waals surface area contributed by atoms with E-state index in [4.69, 9.17) is 26.6 Å². The van der Waals surface area contributed by atoms with Gasteiger partial charge in [-0.05, 0) is 41.5 Å². The number of hydrogen-bond donors (Lipinski definition) is 2. The Labute approximate surface area is 125 Å². The molecule has 0 saturated carbocycles. The molecule has 21 heavy (non-hydrogen) atoms. The van der Waals surface area contributed by atoms with E-state index < -0.39 is 11.9 Å². The standard InChI is InChI=1S/C15H11ClO5/c1-21-11-5-9(4-10(6-11)14(17)18)8-2-3-13(16)12(7-8)15(19)20/h2-7H,1H3,(H,17,18)(H,19,20). The van der Waals surface area contributed by atoms with Gasteiger partial charge in [0, 0.05) is 0 Å². The average molecular weight is 307 g/mol. The molecule has 6 heteroatoms. The largest absolute Gasteiger partial charge is 0.497 e. The van der Waals surface area contributed by atoms with Crippen LogP contribution in [0.2, 0.25) is 5.02 Å². The Bertz CT molecular complexity index is 724. The molecule has 0 aliphatic carbocycles. The lowest BCUT2D eigenvalue weighted by Gasteiger charge is -2.09. The summed E-state index contributed by atoms with van der Waals surface area (Å²) in [5.41, 5.74) is 1.08. The third kappa shape index (κ3) is 3.14. The van der Waals surface area contributed by atoms with Crippen LogP contribution in [-0.4, -0.2) is 29.3 Å². The summed E-state index contributed by atoms with van der Waals surface area (Å²) in [6.07, 6.45) is 0. The Morgan fingerprint density at radius 1 is 1.00 bits per heavy atom. The Hall–Kier alpha value is -2.53. The van der Waals surface area contributed by atoms with E-state index in [-0.39, 0.29) is 16.1 Å². The molecule has 0 amide bonds. The highest BCUT2D eigenvalue weighted by molar-refractivity contribution is 6.33. The maximum Gasteiger partial charge on any atom is 0.337 e. The van der Waals surface area contributed by atoms with Gasteiger partial charge in [0.25, 0.3) is 0 Å². The number of carbonyl (C=O) groups is 2. The number of carboxylic acids is 2. The van der Waals surface area contributed by atoms with E-state index in [0.29, 0.717) is 16.9 Å². The number of carboxylic acid groups (broad SMARTS) is 2. The molecule has 2 aromatic rings.